The molecular formula is C14H14ClN3O2S. The Kier molecular flexibility index (Phi) is 4.93. The van der Waals surface area contributed by atoms with Gasteiger partial charge in [-0.05, 0) is 31.2 Å². The van der Waals surface area contributed by atoms with Gasteiger partial charge in [0.1, 0.15) is 6.04 Å². The lowest BCUT2D eigenvalue weighted by molar-refractivity contribution is -0.119. The monoisotopic (exact) mass is 323 g/mol. The average molecular weight is 324 g/mol. The molecule has 7 heteroatoms. The van der Waals surface area contributed by atoms with Gasteiger partial charge in [0.05, 0.1) is 0 Å². The van der Waals surface area contributed by atoms with Crippen molar-refractivity contribution in [1.29, 1.82) is 0 Å². The molecule has 21 heavy (non-hydrogen) atoms. The van der Waals surface area contributed by atoms with Gasteiger partial charge in [-0.2, -0.15) is 0 Å². The molecule has 0 aliphatic carbocycles. The highest BCUT2D eigenvalue weighted by Gasteiger charge is 2.22. The topological polar surface area (TPSA) is 62.3 Å². The number of nitrogens with zero attached hydrogens (tertiary/aromatic N) is 2. The van der Waals surface area contributed by atoms with E-state index in [1.807, 2.05) is 0 Å². The fraction of sp³-hybridized carbons (Fsp3) is 0.214. The summed E-state index contributed by atoms with van der Waals surface area (Å²) >= 11 is 7.13. The summed E-state index contributed by atoms with van der Waals surface area (Å²) in [5, 5.41) is 5.59. The molecule has 1 N–H and O–H groups in total. The first-order valence-electron chi connectivity index (χ1n) is 6.22. The number of halogens is 1. The Morgan fingerprint density at radius 1 is 1.33 bits per heavy atom. The summed E-state index contributed by atoms with van der Waals surface area (Å²) in [7, 11) is 1.63. The number of likely N-dealkylation sites (N-methyl/N-ethyl adjacent to an activating group) is 1. The van der Waals surface area contributed by atoms with E-state index in [0.717, 1.165) is 0 Å². The van der Waals surface area contributed by atoms with Gasteiger partial charge in [0.25, 0.3) is 11.8 Å². The zero-order valence-corrected chi connectivity index (χ0v) is 13.1. The highest BCUT2D eigenvalue weighted by molar-refractivity contribution is 7.13. The van der Waals surface area contributed by atoms with Crippen LogP contribution in [-0.4, -0.2) is 29.9 Å². The van der Waals surface area contributed by atoms with E-state index in [1.165, 1.54) is 16.2 Å². The Morgan fingerprint density at radius 2 is 2.00 bits per heavy atom. The van der Waals surface area contributed by atoms with Crippen LogP contribution >= 0.6 is 22.9 Å². The molecule has 5 nitrogen and oxygen atoms in total. The molecule has 0 aliphatic rings. The van der Waals surface area contributed by atoms with Crippen molar-refractivity contribution in [3.63, 3.8) is 0 Å². The van der Waals surface area contributed by atoms with Crippen molar-refractivity contribution in [2.75, 3.05) is 11.9 Å². The lowest BCUT2D eigenvalue weighted by Crippen LogP contribution is -2.45. The predicted octanol–water partition coefficient (Wildman–Crippen LogP) is 2.58. The number of carbonyl (C=O) groups excluding carboxylic acids is 2. The summed E-state index contributed by atoms with van der Waals surface area (Å²) in [4.78, 5) is 29.8. The number of amides is 2. The zero-order chi connectivity index (χ0) is 15.4. The van der Waals surface area contributed by atoms with Crippen LogP contribution in [0, 0.1) is 0 Å². The van der Waals surface area contributed by atoms with Crippen LogP contribution in [0.4, 0.5) is 5.13 Å². The van der Waals surface area contributed by atoms with Gasteiger partial charge in [-0.25, -0.2) is 4.98 Å². The van der Waals surface area contributed by atoms with E-state index in [0.29, 0.717) is 15.7 Å². The van der Waals surface area contributed by atoms with Gasteiger partial charge in [-0.15, -0.1) is 11.3 Å². The number of hydrogen-bond donors (Lipinski definition) is 1. The Hall–Kier alpha value is -1.92. The lowest BCUT2D eigenvalue weighted by atomic mass is 10.2. The molecule has 2 rings (SSSR count). The van der Waals surface area contributed by atoms with Crippen LogP contribution in [0.5, 0.6) is 0 Å². The predicted molar refractivity (Wildman–Crippen MR) is 83.9 cm³/mol. The lowest BCUT2D eigenvalue weighted by Gasteiger charge is -2.19. The van der Waals surface area contributed by atoms with Crippen molar-refractivity contribution in [1.82, 2.24) is 10.3 Å². The van der Waals surface area contributed by atoms with E-state index in [4.69, 9.17) is 11.6 Å². The van der Waals surface area contributed by atoms with Crippen LogP contribution in [0.25, 0.3) is 0 Å². The van der Waals surface area contributed by atoms with E-state index in [1.54, 1.807) is 49.8 Å². The van der Waals surface area contributed by atoms with Gasteiger partial charge in [0, 0.05) is 29.2 Å². The maximum Gasteiger partial charge on any atom is 0.251 e. The second-order valence-corrected chi connectivity index (χ2v) is 5.72. The molecule has 1 atom stereocenters. The summed E-state index contributed by atoms with van der Waals surface area (Å²) in [5.41, 5.74) is 0.455. The Morgan fingerprint density at radius 3 is 2.57 bits per heavy atom. The minimum atomic E-state index is -0.651. The molecule has 1 heterocycles. The smallest absolute Gasteiger partial charge is 0.251 e. The van der Waals surface area contributed by atoms with Crippen LogP contribution in [0.1, 0.15) is 17.3 Å². The van der Waals surface area contributed by atoms with Crippen LogP contribution in [0.2, 0.25) is 5.02 Å². The Balaban J connectivity index is 2.00. The number of aromatic nitrogens is 1. The van der Waals surface area contributed by atoms with E-state index in [-0.39, 0.29) is 11.8 Å². The Bertz CT molecular complexity index is 628. The molecule has 1 aromatic heterocycles. The van der Waals surface area contributed by atoms with Gasteiger partial charge >= 0.3 is 0 Å². The van der Waals surface area contributed by atoms with Crippen molar-refractivity contribution >= 4 is 39.9 Å². The third-order valence-electron chi connectivity index (χ3n) is 2.86. The number of hydrogen-bond acceptors (Lipinski definition) is 4. The molecule has 2 amide bonds. The van der Waals surface area contributed by atoms with Crippen molar-refractivity contribution in [2.45, 2.75) is 13.0 Å². The molecule has 0 spiro atoms. The second kappa shape index (κ2) is 6.69. The molecule has 1 aromatic carbocycles. The molecule has 110 valence electrons. The number of anilines is 1. The maximum atomic E-state index is 12.2. The maximum absolute atomic E-state index is 12.2. The van der Waals surface area contributed by atoms with Crippen LogP contribution in [-0.2, 0) is 4.79 Å². The normalized spacial score (nSPS) is 11.8. The molecule has 0 fully saturated rings. The van der Waals surface area contributed by atoms with Gasteiger partial charge in [-0.1, -0.05) is 11.6 Å². The van der Waals surface area contributed by atoms with Crippen molar-refractivity contribution in [3.05, 3.63) is 46.4 Å². The number of carbonyl (C=O) groups is 2. The Labute approximate surface area is 131 Å². The van der Waals surface area contributed by atoms with Crippen molar-refractivity contribution in [2.24, 2.45) is 0 Å². The first kappa shape index (κ1) is 15.5. The van der Waals surface area contributed by atoms with Crippen LogP contribution in [0.3, 0.4) is 0 Å². The standard InChI is InChI=1S/C14H14ClN3O2S/c1-9(13(20)18(2)14-16-7-8-21-14)17-12(19)10-3-5-11(15)6-4-10/h3-9H,1-2H3,(H,17,19)/t9-/m1/s1. The zero-order valence-electron chi connectivity index (χ0n) is 11.5. The summed E-state index contributed by atoms with van der Waals surface area (Å²) < 4.78 is 0. The van der Waals surface area contributed by atoms with Crippen molar-refractivity contribution in [3.8, 4) is 0 Å². The van der Waals surface area contributed by atoms with Gasteiger partial charge in [0.15, 0.2) is 5.13 Å². The highest BCUT2D eigenvalue weighted by Crippen LogP contribution is 2.16. The van der Waals surface area contributed by atoms with E-state index in [2.05, 4.69) is 10.3 Å². The number of rotatable bonds is 4. The van der Waals surface area contributed by atoms with Crippen molar-refractivity contribution < 1.29 is 9.59 Å². The molecule has 0 saturated heterocycles. The molecule has 0 saturated carbocycles. The van der Waals surface area contributed by atoms with Gasteiger partial charge in [0.2, 0.25) is 0 Å². The molecular weight excluding hydrogens is 310 g/mol. The highest BCUT2D eigenvalue weighted by atomic mass is 35.5. The third kappa shape index (κ3) is 3.80. The summed E-state index contributed by atoms with van der Waals surface area (Å²) in [6.45, 7) is 1.64. The van der Waals surface area contributed by atoms with Gasteiger partial charge < -0.3 is 5.32 Å². The third-order valence-corrected chi connectivity index (χ3v) is 3.96. The largest absolute Gasteiger partial charge is 0.341 e. The fourth-order valence-corrected chi connectivity index (χ4v) is 2.45. The summed E-state index contributed by atoms with van der Waals surface area (Å²) in [5.74, 6) is -0.549. The molecule has 0 unspecified atom stereocenters. The minimum absolute atomic E-state index is 0.229. The molecule has 0 aliphatic heterocycles. The number of benzene rings is 1. The van der Waals surface area contributed by atoms with Crippen LogP contribution < -0.4 is 10.2 Å². The molecule has 0 bridgehead atoms. The minimum Gasteiger partial charge on any atom is -0.341 e. The average Bonchev–Trinajstić information content (AvgIpc) is 3.00. The quantitative estimate of drug-likeness (QED) is 0.940. The summed E-state index contributed by atoms with van der Waals surface area (Å²) in [6, 6.07) is 5.83. The van der Waals surface area contributed by atoms with Crippen LogP contribution in [0.15, 0.2) is 35.8 Å². The molecule has 2 aromatic rings. The number of thiazole rings is 1. The first-order chi connectivity index (χ1) is 9.99. The molecule has 0 radical (unpaired) electrons. The van der Waals surface area contributed by atoms with E-state index >= 15 is 0 Å². The fourth-order valence-electron chi connectivity index (χ4n) is 1.71. The summed E-state index contributed by atoms with van der Waals surface area (Å²) in [6.07, 6.45) is 1.63. The van der Waals surface area contributed by atoms with E-state index in [9.17, 15) is 9.59 Å². The second-order valence-electron chi connectivity index (χ2n) is 4.41. The SMILES string of the molecule is C[C@@H](NC(=O)c1ccc(Cl)cc1)C(=O)N(C)c1nccs1. The first-order valence-corrected chi connectivity index (χ1v) is 7.48. The van der Waals surface area contributed by atoms with E-state index < -0.39 is 6.04 Å². The number of nitrogens with one attached hydrogen (secondary N) is 1. The van der Waals surface area contributed by atoms with Gasteiger partial charge in [-0.3, -0.25) is 14.5 Å².